The van der Waals surface area contributed by atoms with Gasteiger partial charge in [-0.05, 0) is 24.3 Å². The minimum absolute atomic E-state index is 0.228. The molecule has 0 saturated carbocycles. The Morgan fingerprint density at radius 1 is 0.793 bits per heavy atom. The van der Waals surface area contributed by atoms with Crippen molar-refractivity contribution < 1.29 is 38.0 Å². The maximum atomic E-state index is 12.8. The minimum Gasteiger partial charge on any atom is -0.484 e. The first kappa shape index (κ1) is 22.0. The highest BCUT2D eigenvalue weighted by Crippen LogP contribution is 2.35. The van der Waals surface area contributed by atoms with Crippen LogP contribution in [0.5, 0.6) is 11.5 Å². The van der Waals surface area contributed by atoms with Gasteiger partial charge in [0.25, 0.3) is 0 Å². The summed E-state index contributed by atoms with van der Waals surface area (Å²) in [5, 5.41) is 40.0. The number of benzene rings is 2. The highest BCUT2D eigenvalue weighted by molar-refractivity contribution is 7.91. The Kier molecular flexibility index (Phi) is 7.03. The Balaban J connectivity index is 2.52. The number of aliphatic hydroxyl groups is 2. The fourth-order valence-corrected chi connectivity index (χ4v) is 3.61. The number of aliphatic hydroxyl groups excluding tert-OH is 2. The van der Waals surface area contributed by atoms with Crippen molar-refractivity contribution >= 4 is 21.2 Å². The molecule has 0 radical (unpaired) electrons. The third-order valence-corrected chi connectivity index (χ3v) is 5.32. The molecule has 2 aromatic carbocycles. The molecule has 0 fully saturated rings. The van der Waals surface area contributed by atoms with Gasteiger partial charge in [-0.15, -0.1) is 0 Å². The van der Waals surface area contributed by atoms with E-state index in [0.29, 0.717) is 0 Å². The van der Waals surface area contributed by atoms with Crippen LogP contribution in [0.4, 0.5) is 11.4 Å². The molecule has 0 heterocycles. The van der Waals surface area contributed by atoms with Crippen molar-refractivity contribution in [3.8, 4) is 11.5 Å². The van der Waals surface area contributed by atoms with E-state index in [1.54, 1.807) is 0 Å². The SMILES string of the molecule is O=[N+]([O-])c1cc(S(=O)(=O)c2ccc(OCCO)c([N+](=O)[O-])c2)ccc1OCCO. The second-order valence-electron chi connectivity index (χ2n) is 5.42. The first-order chi connectivity index (χ1) is 13.7. The summed E-state index contributed by atoms with van der Waals surface area (Å²) < 4.78 is 35.7. The predicted molar refractivity (Wildman–Crippen MR) is 96.8 cm³/mol. The number of rotatable bonds is 10. The van der Waals surface area contributed by atoms with E-state index < -0.39 is 54.1 Å². The van der Waals surface area contributed by atoms with Gasteiger partial charge in [-0.1, -0.05) is 0 Å². The Labute approximate surface area is 164 Å². The van der Waals surface area contributed by atoms with Crippen LogP contribution < -0.4 is 9.47 Å². The van der Waals surface area contributed by atoms with Crippen molar-refractivity contribution in [1.82, 2.24) is 0 Å². The minimum atomic E-state index is -4.34. The molecule has 12 nitrogen and oxygen atoms in total. The molecular weight excluding hydrogens is 412 g/mol. The third-order valence-electron chi connectivity index (χ3n) is 3.57. The van der Waals surface area contributed by atoms with E-state index in [2.05, 4.69) is 0 Å². The van der Waals surface area contributed by atoms with Crippen LogP contribution in [-0.2, 0) is 9.84 Å². The largest absolute Gasteiger partial charge is 0.484 e. The van der Waals surface area contributed by atoms with E-state index in [0.717, 1.165) is 36.4 Å². The maximum Gasteiger partial charge on any atom is 0.312 e. The van der Waals surface area contributed by atoms with E-state index in [9.17, 15) is 28.6 Å². The third kappa shape index (κ3) is 4.96. The quantitative estimate of drug-likeness (QED) is 0.410. The van der Waals surface area contributed by atoms with Gasteiger partial charge in [0.2, 0.25) is 9.84 Å². The van der Waals surface area contributed by atoms with Crippen molar-refractivity contribution in [1.29, 1.82) is 0 Å². The van der Waals surface area contributed by atoms with Crippen molar-refractivity contribution in [2.45, 2.75) is 9.79 Å². The number of sulfone groups is 1. The molecule has 0 unspecified atom stereocenters. The van der Waals surface area contributed by atoms with Gasteiger partial charge >= 0.3 is 11.4 Å². The fraction of sp³-hybridized carbons (Fsp3) is 0.250. The van der Waals surface area contributed by atoms with Crippen LogP contribution in [-0.4, -0.2) is 54.9 Å². The lowest BCUT2D eigenvalue weighted by atomic mass is 10.3. The van der Waals surface area contributed by atoms with Gasteiger partial charge in [0, 0.05) is 12.1 Å². The Bertz CT molecular complexity index is 947. The Hall–Kier alpha value is -3.29. The van der Waals surface area contributed by atoms with E-state index >= 15 is 0 Å². The van der Waals surface area contributed by atoms with Crippen LogP contribution in [0.15, 0.2) is 46.2 Å². The zero-order chi connectivity index (χ0) is 21.6. The summed E-state index contributed by atoms with van der Waals surface area (Å²) in [5.41, 5.74) is -1.28. The second kappa shape index (κ2) is 9.27. The molecule has 2 N–H and O–H groups in total. The van der Waals surface area contributed by atoms with Gasteiger partial charge in [0.05, 0.1) is 32.9 Å². The van der Waals surface area contributed by atoms with Crippen LogP contribution in [0, 0.1) is 20.2 Å². The number of nitro benzene ring substituents is 2. The summed E-state index contributed by atoms with van der Waals surface area (Å²) in [6.07, 6.45) is 0. The zero-order valence-corrected chi connectivity index (χ0v) is 15.6. The molecule has 0 spiro atoms. The van der Waals surface area contributed by atoms with Gasteiger partial charge < -0.3 is 19.7 Å². The predicted octanol–water partition coefficient (Wildman–Crippen LogP) is 1.08. The summed E-state index contributed by atoms with van der Waals surface area (Å²) in [7, 11) is -4.34. The molecule has 2 aromatic rings. The average Bonchev–Trinajstić information content (AvgIpc) is 2.70. The topological polar surface area (TPSA) is 179 Å². The van der Waals surface area contributed by atoms with Crippen LogP contribution in [0.1, 0.15) is 0 Å². The van der Waals surface area contributed by atoms with E-state index in [4.69, 9.17) is 19.7 Å². The molecule has 0 aliphatic heterocycles. The lowest BCUT2D eigenvalue weighted by Gasteiger charge is -2.10. The number of ether oxygens (including phenoxy) is 2. The first-order valence-corrected chi connectivity index (χ1v) is 9.50. The molecule has 0 bridgehead atoms. The number of hydrogen-bond acceptors (Lipinski definition) is 10. The molecule has 156 valence electrons. The monoisotopic (exact) mass is 428 g/mol. The number of hydrogen-bond donors (Lipinski definition) is 2. The average molecular weight is 428 g/mol. The normalized spacial score (nSPS) is 11.1. The van der Waals surface area contributed by atoms with Gasteiger partial charge in [0.15, 0.2) is 11.5 Å². The standard InChI is InChI=1S/C16H16N2O10S/c19-5-7-27-15-3-1-11(9-13(15)17(21)22)29(25,26)12-2-4-16(28-8-6-20)14(10-12)18(23)24/h1-4,9-10,19-20H,5-8H2. The molecule has 2 rings (SSSR count). The molecule has 13 heteroatoms. The zero-order valence-electron chi connectivity index (χ0n) is 14.8. The number of nitrogens with zero attached hydrogens (tertiary/aromatic N) is 2. The molecule has 0 saturated heterocycles. The molecule has 0 aromatic heterocycles. The van der Waals surface area contributed by atoms with Crippen LogP contribution in [0.25, 0.3) is 0 Å². The van der Waals surface area contributed by atoms with Crippen LogP contribution in [0.3, 0.4) is 0 Å². The lowest BCUT2D eigenvalue weighted by Crippen LogP contribution is -2.08. The Morgan fingerprint density at radius 3 is 1.48 bits per heavy atom. The molecule has 29 heavy (non-hydrogen) atoms. The van der Waals surface area contributed by atoms with Crippen LogP contribution >= 0.6 is 0 Å². The van der Waals surface area contributed by atoms with E-state index in [1.165, 1.54) is 0 Å². The molecular formula is C16H16N2O10S. The highest BCUT2D eigenvalue weighted by atomic mass is 32.2. The van der Waals surface area contributed by atoms with Crippen molar-refractivity contribution in [3.63, 3.8) is 0 Å². The fourth-order valence-electron chi connectivity index (χ4n) is 2.31. The van der Waals surface area contributed by atoms with Gasteiger partial charge in [-0.3, -0.25) is 20.2 Å². The van der Waals surface area contributed by atoms with E-state index in [1.807, 2.05) is 0 Å². The van der Waals surface area contributed by atoms with Gasteiger partial charge in [-0.2, -0.15) is 0 Å². The molecule has 0 amide bonds. The second-order valence-corrected chi connectivity index (χ2v) is 7.37. The van der Waals surface area contributed by atoms with Crippen molar-refractivity contribution in [2.75, 3.05) is 26.4 Å². The smallest absolute Gasteiger partial charge is 0.312 e. The molecule has 0 aliphatic carbocycles. The lowest BCUT2D eigenvalue weighted by molar-refractivity contribution is -0.386. The summed E-state index contributed by atoms with van der Waals surface area (Å²) in [4.78, 5) is 19.8. The van der Waals surface area contributed by atoms with Gasteiger partial charge in [-0.25, -0.2) is 8.42 Å². The van der Waals surface area contributed by atoms with E-state index in [-0.39, 0.29) is 24.7 Å². The first-order valence-electron chi connectivity index (χ1n) is 8.01. The number of nitro groups is 2. The summed E-state index contributed by atoms with van der Waals surface area (Å²) in [6.45, 7) is -1.25. The molecule has 0 atom stereocenters. The summed E-state index contributed by atoms with van der Waals surface area (Å²) in [6, 6.07) is 5.77. The van der Waals surface area contributed by atoms with Crippen molar-refractivity contribution in [2.24, 2.45) is 0 Å². The molecule has 0 aliphatic rings. The Morgan fingerprint density at radius 2 is 1.17 bits per heavy atom. The highest BCUT2D eigenvalue weighted by Gasteiger charge is 2.27. The van der Waals surface area contributed by atoms with Crippen LogP contribution in [0.2, 0.25) is 0 Å². The maximum absolute atomic E-state index is 12.8. The van der Waals surface area contributed by atoms with Gasteiger partial charge in [0.1, 0.15) is 13.2 Å². The van der Waals surface area contributed by atoms with Crippen molar-refractivity contribution in [3.05, 3.63) is 56.6 Å². The summed E-state index contributed by atoms with van der Waals surface area (Å²) in [5.74, 6) is -0.469. The summed E-state index contributed by atoms with van der Waals surface area (Å²) >= 11 is 0.